The minimum absolute atomic E-state index is 0.178. The number of aromatic nitrogens is 6. The number of tetrazole rings is 1. The van der Waals surface area contributed by atoms with Gasteiger partial charge in [0.2, 0.25) is 0 Å². The van der Waals surface area contributed by atoms with Crippen LogP contribution < -0.4 is 5.32 Å². The third kappa shape index (κ3) is 3.42. The molecule has 0 spiro atoms. The van der Waals surface area contributed by atoms with Crippen LogP contribution in [0.5, 0.6) is 0 Å². The summed E-state index contributed by atoms with van der Waals surface area (Å²) in [6.07, 6.45) is 5.16. The van der Waals surface area contributed by atoms with Crippen molar-refractivity contribution in [3.05, 3.63) is 54.1 Å². The van der Waals surface area contributed by atoms with Gasteiger partial charge >= 0.3 is 0 Å². The molecule has 118 valence electrons. The smallest absolute Gasteiger partial charge is 0.251 e. The van der Waals surface area contributed by atoms with Crippen LogP contribution >= 0.6 is 0 Å². The maximum atomic E-state index is 12.5. The Bertz CT molecular complexity index is 752. The lowest BCUT2D eigenvalue weighted by Crippen LogP contribution is -2.29. The van der Waals surface area contributed by atoms with Crippen LogP contribution in [0.1, 0.15) is 42.0 Å². The summed E-state index contributed by atoms with van der Waals surface area (Å²) in [5, 5.41) is 21.0. The van der Waals surface area contributed by atoms with E-state index >= 15 is 0 Å². The summed E-state index contributed by atoms with van der Waals surface area (Å²) in [6.45, 7) is 2.04. The van der Waals surface area contributed by atoms with Crippen molar-refractivity contribution in [2.45, 2.75) is 25.8 Å². The average Bonchev–Trinajstić information content (AvgIpc) is 3.28. The second-order valence-corrected chi connectivity index (χ2v) is 5.09. The van der Waals surface area contributed by atoms with Crippen molar-refractivity contribution in [3.8, 4) is 5.69 Å². The number of rotatable bonds is 6. The number of hydrogen-bond acceptors (Lipinski definition) is 5. The van der Waals surface area contributed by atoms with E-state index in [2.05, 4.69) is 31.0 Å². The minimum atomic E-state index is -0.264. The molecule has 3 rings (SSSR count). The van der Waals surface area contributed by atoms with E-state index in [0.717, 1.165) is 18.5 Å². The van der Waals surface area contributed by atoms with E-state index in [1.165, 1.54) is 0 Å². The van der Waals surface area contributed by atoms with Crippen molar-refractivity contribution < 1.29 is 4.79 Å². The van der Waals surface area contributed by atoms with Crippen LogP contribution in [-0.4, -0.2) is 36.3 Å². The van der Waals surface area contributed by atoms with E-state index in [1.54, 1.807) is 23.0 Å². The number of benzene rings is 1. The lowest BCUT2D eigenvalue weighted by atomic mass is 10.1. The fourth-order valence-corrected chi connectivity index (χ4v) is 2.32. The number of hydrogen-bond donors (Lipinski definition) is 2. The second-order valence-electron chi connectivity index (χ2n) is 5.09. The zero-order chi connectivity index (χ0) is 16.1. The Morgan fingerprint density at radius 1 is 1.39 bits per heavy atom. The monoisotopic (exact) mass is 311 g/mol. The van der Waals surface area contributed by atoms with Crippen LogP contribution in [0.2, 0.25) is 0 Å². The fraction of sp³-hybridized carbons (Fsp3) is 0.267. The first-order valence-corrected chi connectivity index (χ1v) is 7.42. The first-order chi connectivity index (χ1) is 11.3. The molecule has 0 aliphatic rings. The van der Waals surface area contributed by atoms with Gasteiger partial charge in [0.15, 0.2) is 5.82 Å². The molecular weight excluding hydrogens is 294 g/mol. The first kappa shape index (κ1) is 14.9. The van der Waals surface area contributed by atoms with Gasteiger partial charge in [0.05, 0.1) is 11.7 Å². The molecular formula is C15H17N7O. The highest BCUT2D eigenvalue weighted by atomic mass is 16.1. The molecule has 23 heavy (non-hydrogen) atoms. The summed E-state index contributed by atoms with van der Waals surface area (Å²) in [6, 6.07) is 8.85. The van der Waals surface area contributed by atoms with E-state index in [9.17, 15) is 4.79 Å². The Labute approximate surface area is 132 Å². The van der Waals surface area contributed by atoms with Gasteiger partial charge in [0.1, 0.15) is 0 Å². The molecule has 0 radical (unpaired) electrons. The topological polar surface area (TPSA) is 101 Å². The van der Waals surface area contributed by atoms with Gasteiger partial charge in [-0.2, -0.15) is 10.3 Å². The van der Waals surface area contributed by atoms with Gasteiger partial charge < -0.3 is 5.32 Å². The molecule has 2 heterocycles. The van der Waals surface area contributed by atoms with E-state index in [1.807, 2.05) is 31.3 Å². The Hall–Kier alpha value is -3.03. The molecule has 3 aromatic rings. The zero-order valence-electron chi connectivity index (χ0n) is 12.7. The van der Waals surface area contributed by atoms with Crippen molar-refractivity contribution >= 4 is 5.91 Å². The predicted molar refractivity (Wildman–Crippen MR) is 82.9 cm³/mol. The number of nitrogens with one attached hydrogen (secondary N) is 2. The average molecular weight is 311 g/mol. The highest BCUT2D eigenvalue weighted by Gasteiger charge is 2.19. The molecule has 0 unspecified atom stereocenters. The first-order valence-electron chi connectivity index (χ1n) is 7.42. The summed E-state index contributed by atoms with van der Waals surface area (Å²) in [7, 11) is 0. The minimum Gasteiger partial charge on any atom is -0.342 e. The van der Waals surface area contributed by atoms with Crippen molar-refractivity contribution in [2.24, 2.45) is 0 Å². The van der Waals surface area contributed by atoms with Crippen molar-refractivity contribution in [2.75, 3.05) is 0 Å². The van der Waals surface area contributed by atoms with Crippen LogP contribution in [0, 0.1) is 0 Å². The highest BCUT2D eigenvalue weighted by molar-refractivity contribution is 5.94. The fourth-order valence-electron chi connectivity index (χ4n) is 2.32. The standard InChI is InChI=1S/C15H17N7O/c1-2-5-13(14-18-20-21-19-14)17-15(23)11-6-3-7-12(10-11)22-9-4-8-16-22/h3-4,6-10,13H,2,5H2,1H3,(H,17,23)(H,18,19,20,21)/t13-/m0/s1. The number of H-pyrrole nitrogens is 1. The van der Waals surface area contributed by atoms with Gasteiger partial charge in [-0.25, -0.2) is 4.68 Å². The summed E-state index contributed by atoms with van der Waals surface area (Å²) < 4.78 is 1.71. The third-order valence-electron chi connectivity index (χ3n) is 3.43. The van der Waals surface area contributed by atoms with Gasteiger partial charge in [-0.05, 0) is 30.7 Å². The molecule has 0 saturated heterocycles. The summed E-state index contributed by atoms with van der Waals surface area (Å²) in [5.41, 5.74) is 1.39. The van der Waals surface area contributed by atoms with Gasteiger partial charge in [-0.15, -0.1) is 10.2 Å². The molecule has 2 N–H and O–H groups in total. The van der Waals surface area contributed by atoms with Crippen LogP contribution in [0.15, 0.2) is 42.7 Å². The Morgan fingerprint density at radius 2 is 2.30 bits per heavy atom. The number of amides is 1. The quantitative estimate of drug-likeness (QED) is 0.721. The lowest BCUT2D eigenvalue weighted by molar-refractivity contribution is 0.0932. The maximum Gasteiger partial charge on any atom is 0.251 e. The van der Waals surface area contributed by atoms with Crippen molar-refractivity contribution in [3.63, 3.8) is 0 Å². The van der Waals surface area contributed by atoms with Crippen molar-refractivity contribution in [1.29, 1.82) is 0 Å². The number of aromatic amines is 1. The van der Waals surface area contributed by atoms with E-state index in [-0.39, 0.29) is 11.9 Å². The Kier molecular flexibility index (Phi) is 4.41. The summed E-state index contributed by atoms with van der Waals surface area (Å²) >= 11 is 0. The molecule has 1 amide bonds. The molecule has 1 atom stereocenters. The highest BCUT2D eigenvalue weighted by Crippen LogP contribution is 2.15. The Morgan fingerprint density at radius 3 is 3.00 bits per heavy atom. The molecule has 0 aliphatic carbocycles. The van der Waals surface area contributed by atoms with E-state index in [4.69, 9.17) is 0 Å². The molecule has 0 aliphatic heterocycles. The third-order valence-corrected chi connectivity index (χ3v) is 3.43. The van der Waals surface area contributed by atoms with Gasteiger partial charge in [0, 0.05) is 18.0 Å². The molecule has 1 aromatic carbocycles. The predicted octanol–water partition coefficient (Wildman–Crippen LogP) is 1.66. The van der Waals surface area contributed by atoms with Gasteiger partial charge in [-0.3, -0.25) is 4.79 Å². The Balaban J connectivity index is 1.78. The molecule has 0 saturated carbocycles. The summed E-state index contributed by atoms with van der Waals surface area (Å²) in [5.74, 6) is 0.311. The van der Waals surface area contributed by atoms with E-state index < -0.39 is 0 Å². The summed E-state index contributed by atoms with van der Waals surface area (Å²) in [4.78, 5) is 12.5. The van der Waals surface area contributed by atoms with Gasteiger partial charge in [0.25, 0.3) is 5.91 Å². The molecule has 0 fully saturated rings. The maximum absolute atomic E-state index is 12.5. The van der Waals surface area contributed by atoms with E-state index in [0.29, 0.717) is 11.4 Å². The van der Waals surface area contributed by atoms with Crippen LogP contribution in [0.3, 0.4) is 0 Å². The lowest BCUT2D eigenvalue weighted by Gasteiger charge is -2.14. The molecule has 8 heteroatoms. The number of carbonyl (C=O) groups is 1. The molecule has 2 aromatic heterocycles. The van der Waals surface area contributed by atoms with Crippen LogP contribution in [-0.2, 0) is 0 Å². The normalized spacial score (nSPS) is 12.0. The van der Waals surface area contributed by atoms with Crippen molar-refractivity contribution in [1.82, 2.24) is 35.7 Å². The zero-order valence-corrected chi connectivity index (χ0v) is 12.7. The van der Waals surface area contributed by atoms with Crippen LogP contribution in [0.25, 0.3) is 5.69 Å². The SMILES string of the molecule is CCC[C@H](NC(=O)c1cccc(-n2cccn2)c1)c1nn[nH]n1. The number of carbonyl (C=O) groups excluding carboxylic acids is 1. The van der Waals surface area contributed by atoms with Gasteiger partial charge in [-0.1, -0.05) is 24.6 Å². The second kappa shape index (κ2) is 6.82. The number of nitrogens with zero attached hydrogens (tertiary/aromatic N) is 5. The molecule has 0 bridgehead atoms. The molecule has 8 nitrogen and oxygen atoms in total. The largest absolute Gasteiger partial charge is 0.342 e. The van der Waals surface area contributed by atoms with Crippen LogP contribution in [0.4, 0.5) is 0 Å².